The lowest BCUT2D eigenvalue weighted by molar-refractivity contribution is -0.422. The van der Waals surface area contributed by atoms with Gasteiger partial charge < -0.3 is 0 Å². The van der Waals surface area contributed by atoms with Crippen molar-refractivity contribution in [3.63, 3.8) is 0 Å². The topological polar surface area (TPSA) is 86.3 Å². The van der Waals surface area contributed by atoms with E-state index in [2.05, 4.69) is 0 Å². The van der Waals surface area contributed by atoms with Crippen molar-refractivity contribution in [1.29, 1.82) is 0 Å². The lowest BCUT2D eigenvalue weighted by Crippen LogP contribution is -1.99. The van der Waals surface area contributed by atoms with Gasteiger partial charge in [-0.05, 0) is 24.5 Å². The maximum Gasteiger partial charge on any atom is 0.346 e. The Morgan fingerprint density at radius 3 is 2.00 bits per heavy atom. The molecule has 0 aliphatic rings. The lowest BCUT2D eigenvalue weighted by Gasteiger charge is -2.02. The first-order chi connectivity index (χ1) is 6.97. The highest BCUT2D eigenvalue weighted by Crippen LogP contribution is 2.30. The van der Waals surface area contributed by atoms with E-state index in [0.29, 0.717) is 12.0 Å². The number of aryl methyl sites for hydroxylation is 2. The van der Waals surface area contributed by atoms with Gasteiger partial charge >= 0.3 is 11.4 Å². The van der Waals surface area contributed by atoms with Crippen LogP contribution < -0.4 is 0 Å². The van der Waals surface area contributed by atoms with Crippen LogP contribution in [0.3, 0.4) is 0 Å². The first-order valence-corrected chi connectivity index (χ1v) is 4.39. The molecule has 15 heavy (non-hydrogen) atoms. The third-order valence-electron chi connectivity index (χ3n) is 2.21. The second kappa shape index (κ2) is 4.04. The van der Waals surface area contributed by atoms with Crippen molar-refractivity contribution in [1.82, 2.24) is 0 Å². The van der Waals surface area contributed by atoms with Crippen molar-refractivity contribution in [3.05, 3.63) is 43.5 Å². The highest BCUT2D eigenvalue weighted by molar-refractivity contribution is 5.56. The molecule has 0 radical (unpaired) electrons. The summed E-state index contributed by atoms with van der Waals surface area (Å²) in [6.45, 7) is 3.55. The van der Waals surface area contributed by atoms with E-state index in [1.54, 1.807) is 6.92 Å². The molecule has 0 heterocycles. The third-order valence-corrected chi connectivity index (χ3v) is 2.21. The molecule has 0 aliphatic heterocycles. The minimum Gasteiger partial charge on any atom is -0.258 e. The molecule has 0 spiro atoms. The van der Waals surface area contributed by atoms with Gasteiger partial charge in [-0.1, -0.05) is 6.92 Å². The van der Waals surface area contributed by atoms with Crippen LogP contribution in [0.1, 0.15) is 18.1 Å². The van der Waals surface area contributed by atoms with Crippen molar-refractivity contribution in [3.8, 4) is 0 Å². The normalized spacial score (nSPS) is 10.0. The number of hydrogen-bond donors (Lipinski definition) is 0. The number of hydrogen-bond acceptors (Lipinski definition) is 4. The molecule has 6 heteroatoms. The molecular formula is C9H10N2O4. The SMILES string of the molecule is CCc1cc([N+](=O)[O-])c([N+](=O)[O-])cc1C. The number of nitrogens with zero attached hydrogens (tertiary/aromatic N) is 2. The molecule has 0 saturated carbocycles. The predicted molar refractivity (Wildman–Crippen MR) is 53.9 cm³/mol. The summed E-state index contributed by atoms with van der Waals surface area (Å²) in [6, 6.07) is 2.52. The maximum atomic E-state index is 10.6. The number of nitro groups is 2. The molecular weight excluding hydrogens is 200 g/mol. The summed E-state index contributed by atoms with van der Waals surface area (Å²) < 4.78 is 0. The summed E-state index contributed by atoms with van der Waals surface area (Å²) in [5.74, 6) is 0. The maximum absolute atomic E-state index is 10.6. The van der Waals surface area contributed by atoms with Gasteiger partial charge in [0, 0.05) is 12.1 Å². The molecule has 1 aromatic carbocycles. The van der Waals surface area contributed by atoms with Gasteiger partial charge in [-0.3, -0.25) is 20.2 Å². The fourth-order valence-corrected chi connectivity index (χ4v) is 1.40. The molecule has 1 rings (SSSR count). The molecule has 0 N–H and O–H groups in total. The molecule has 0 saturated heterocycles. The fourth-order valence-electron chi connectivity index (χ4n) is 1.40. The van der Waals surface area contributed by atoms with E-state index in [9.17, 15) is 20.2 Å². The molecule has 0 unspecified atom stereocenters. The van der Waals surface area contributed by atoms with Gasteiger partial charge in [0.2, 0.25) is 0 Å². The molecule has 6 nitrogen and oxygen atoms in total. The minimum atomic E-state index is -0.732. The van der Waals surface area contributed by atoms with Crippen LogP contribution in [0.4, 0.5) is 11.4 Å². The zero-order chi connectivity index (χ0) is 11.6. The average molecular weight is 210 g/mol. The Morgan fingerprint density at radius 2 is 1.60 bits per heavy atom. The standard InChI is InChI=1S/C9H10N2O4/c1-3-7-5-9(11(14)15)8(10(12)13)4-6(7)2/h4-5H,3H2,1-2H3. The molecule has 80 valence electrons. The van der Waals surface area contributed by atoms with Crippen LogP contribution in [0.2, 0.25) is 0 Å². The van der Waals surface area contributed by atoms with E-state index in [1.807, 2.05) is 6.92 Å². The zero-order valence-corrected chi connectivity index (χ0v) is 8.39. The van der Waals surface area contributed by atoms with Crippen molar-refractivity contribution in [2.75, 3.05) is 0 Å². The minimum absolute atomic E-state index is 0.442. The highest BCUT2D eigenvalue weighted by atomic mass is 16.6. The molecule has 1 aromatic rings. The Kier molecular flexibility index (Phi) is 2.99. The van der Waals surface area contributed by atoms with E-state index in [-0.39, 0.29) is 0 Å². The number of benzene rings is 1. The summed E-state index contributed by atoms with van der Waals surface area (Å²) in [5.41, 5.74) is 0.569. The zero-order valence-electron chi connectivity index (χ0n) is 8.39. The van der Waals surface area contributed by atoms with Gasteiger partial charge in [-0.2, -0.15) is 0 Å². The van der Waals surface area contributed by atoms with Crippen molar-refractivity contribution in [2.45, 2.75) is 20.3 Å². The van der Waals surface area contributed by atoms with Crippen molar-refractivity contribution < 1.29 is 9.85 Å². The summed E-state index contributed by atoms with van der Waals surface area (Å²) in [6.07, 6.45) is 0.616. The molecule has 0 amide bonds. The van der Waals surface area contributed by atoms with Crippen LogP contribution in [-0.2, 0) is 6.42 Å². The van der Waals surface area contributed by atoms with E-state index in [1.165, 1.54) is 12.1 Å². The smallest absolute Gasteiger partial charge is 0.258 e. The van der Waals surface area contributed by atoms with Crippen LogP contribution in [0.15, 0.2) is 12.1 Å². The van der Waals surface area contributed by atoms with Crippen LogP contribution in [0, 0.1) is 27.2 Å². The summed E-state index contributed by atoms with van der Waals surface area (Å²) in [7, 11) is 0. The second-order valence-corrected chi connectivity index (χ2v) is 3.14. The second-order valence-electron chi connectivity index (χ2n) is 3.14. The van der Waals surface area contributed by atoms with Crippen molar-refractivity contribution >= 4 is 11.4 Å². The molecule has 0 fully saturated rings. The lowest BCUT2D eigenvalue weighted by atomic mass is 10.0. The Morgan fingerprint density at radius 1 is 1.13 bits per heavy atom. The summed E-state index contributed by atoms with van der Waals surface area (Å²) >= 11 is 0. The van der Waals surface area contributed by atoms with Crippen LogP contribution in [-0.4, -0.2) is 9.85 Å². The predicted octanol–water partition coefficient (Wildman–Crippen LogP) is 2.37. The summed E-state index contributed by atoms with van der Waals surface area (Å²) in [4.78, 5) is 19.7. The van der Waals surface area contributed by atoms with E-state index in [4.69, 9.17) is 0 Å². The average Bonchev–Trinajstić information content (AvgIpc) is 2.16. The quantitative estimate of drug-likeness (QED) is 0.566. The summed E-state index contributed by atoms with van der Waals surface area (Å²) in [5, 5.41) is 21.2. The monoisotopic (exact) mass is 210 g/mol. The fraction of sp³-hybridized carbons (Fsp3) is 0.333. The Bertz CT molecular complexity index is 428. The Balaban J connectivity index is 3.45. The molecule has 0 bridgehead atoms. The van der Waals surface area contributed by atoms with Gasteiger partial charge in [-0.25, -0.2) is 0 Å². The van der Waals surface area contributed by atoms with Gasteiger partial charge in [0.15, 0.2) is 0 Å². The Labute approximate surface area is 85.8 Å². The van der Waals surface area contributed by atoms with Crippen LogP contribution in [0.25, 0.3) is 0 Å². The largest absolute Gasteiger partial charge is 0.346 e. The first kappa shape index (κ1) is 11.1. The molecule has 0 atom stereocenters. The van der Waals surface area contributed by atoms with E-state index < -0.39 is 21.2 Å². The van der Waals surface area contributed by atoms with Gasteiger partial charge in [0.1, 0.15) is 0 Å². The van der Waals surface area contributed by atoms with Gasteiger partial charge in [-0.15, -0.1) is 0 Å². The van der Waals surface area contributed by atoms with Crippen molar-refractivity contribution in [2.24, 2.45) is 0 Å². The van der Waals surface area contributed by atoms with Gasteiger partial charge in [0.25, 0.3) is 0 Å². The van der Waals surface area contributed by atoms with E-state index in [0.717, 1.165) is 5.56 Å². The molecule has 0 aliphatic carbocycles. The first-order valence-electron chi connectivity index (χ1n) is 4.39. The third kappa shape index (κ3) is 2.09. The van der Waals surface area contributed by atoms with E-state index >= 15 is 0 Å². The molecule has 0 aromatic heterocycles. The van der Waals surface area contributed by atoms with Gasteiger partial charge in [0.05, 0.1) is 9.85 Å². The number of rotatable bonds is 3. The number of nitro benzene ring substituents is 2. The highest BCUT2D eigenvalue weighted by Gasteiger charge is 2.25. The van der Waals surface area contributed by atoms with Crippen LogP contribution >= 0.6 is 0 Å². The Hall–Kier alpha value is -1.98. The van der Waals surface area contributed by atoms with Crippen LogP contribution in [0.5, 0.6) is 0 Å².